The molecule has 0 aromatic heterocycles. The van der Waals surface area contributed by atoms with Gasteiger partial charge in [0.1, 0.15) is 6.04 Å². The summed E-state index contributed by atoms with van der Waals surface area (Å²) in [7, 11) is 0. The van der Waals surface area contributed by atoms with E-state index in [-0.39, 0.29) is 18.2 Å². The van der Waals surface area contributed by atoms with E-state index in [1.54, 1.807) is 31.2 Å². The largest absolute Gasteiger partial charge is 0.381 e. The van der Waals surface area contributed by atoms with E-state index in [0.717, 1.165) is 10.5 Å². The van der Waals surface area contributed by atoms with Crippen LogP contribution in [-0.2, 0) is 20.8 Å². The molecule has 7 nitrogen and oxygen atoms in total. The van der Waals surface area contributed by atoms with E-state index in [1.165, 1.54) is 0 Å². The normalized spacial score (nSPS) is 20.3. The SMILES string of the molecule is CCCNC(=O)[C@@H]1CC(F)(F)CN1C(=O)[C@@H](O)[C@H](Cc1ccccc1)NC(=O)[C@@H](C)CC. The van der Waals surface area contributed by atoms with Gasteiger partial charge in [-0.1, -0.05) is 51.1 Å². The minimum absolute atomic E-state index is 0.132. The van der Waals surface area contributed by atoms with E-state index < -0.39 is 48.9 Å². The van der Waals surface area contributed by atoms with Crippen molar-refractivity contribution in [2.75, 3.05) is 13.1 Å². The third kappa shape index (κ3) is 6.72. The monoisotopic (exact) mass is 453 g/mol. The molecule has 0 bridgehead atoms. The van der Waals surface area contributed by atoms with E-state index in [0.29, 0.717) is 19.4 Å². The fourth-order valence-corrected chi connectivity index (χ4v) is 3.61. The first-order chi connectivity index (χ1) is 15.1. The molecule has 1 aromatic rings. The average Bonchev–Trinajstić information content (AvgIpc) is 3.11. The third-order valence-electron chi connectivity index (χ3n) is 5.73. The van der Waals surface area contributed by atoms with Crippen LogP contribution in [0.25, 0.3) is 0 Å². The van der Waals surface area contributed by atoms with Gasteiger partial charge < -0.3 is 20.6 Å². The van der Waals surface area contributed by atoms with Gasteiger partial charge in [0.2, 0.25) is 11.8 Å². The average molecular weight is 454 g/mol. The lowest BCUT2D eigenvalue weighted by molar-refractivity contribution is -0.147. The summed E-state index contributed by atoms with van der Waals surface area (Å²) >= 11 is 0. The zero-order valence-corrected chi connectivity index (χ0v) is 18.8. The van der Waals surface area contributed by atoms with Gasteiger partial charge in [0, 0.05) is 18.9 Å². The van der Waals surface area contributed by atoms with Crippen LogP contribution < -0.4 is 10.6 Å². The third-order valence-corrected chi connectivity index (χ3v) is 5.73. The summed E-state index contributed by atoms with van der Waals surface area (Å²) in [6.45, 7) is 4.73. The fourth-order valence-electron chi connectivity index (χ4n) is 3.61. The van der Waals surface area contributed by atoms with Crippen molar-refractivity contribution in [2.45, 2.75) is 70.6 Å². The number of hydrogen-bond acceptors (Lipinski definition) is 4. The summed E-state index contributed by atoms with van der Waals surface area (Å²) in [5, 5.41) is 16.1. The predicted molar refractivity (Wildman–Crippen MR) is 116 cm³/mol. The molecule has 1 saturated heterocycles. The Hall–Kier alpha value is -2.55. The Labute approximate surface area is 187 Å². The van der Waals surface area contributed by atoms with E-state index >= 15 is 0 Å². The maximum atomic E-state index is 14.1. The molecule has 1 aliphatic rings. The van der Waals surface area contributed by atoms with Crippen molar-refractivity contribution in [3.05, 3.63) is 35.9 Å². The molecule has 4 atom stereocenters. The highest BCUT2D eigenvalue weighted by molar-refractivity contribution is 5.91. The number of alkyl halides is 2. The summed E-state index contributed by atoms with van der Waals surface area (Å²) in [5.41, 5.74) is 0.762. The van der Waals surface area contributed by atoms with Gasteiger partial charge in [0.05, 0.1) is 12.6 Å². The van der Waals surface area contributed by atoms with E-state index in [2.05, 4.69) is 10.6 Å². The Kier molecular flexibility index (Phi) is 9.12. The number of hydrogen-bond donors (Lipinski definition) is 3. The molecule has 0 aliphatic carbocycles. The Balaban J connectivity index is 2.25. The van der Waals surface area contributed by atoms with E-state index in [1.807, 2.05) is 19.9 Å². The van der Waals surface area contributed by atoms with Crippen LogP contribution in [0.5, 0.6) is 0 Å². The zero-order chi connectivity index (χ0) is 23.9. The Morgan fingerprint density at radius 3 is 2.47 bits per heavy atom. The van der Waals surface area contributed by atoms with Gasteiger partial charge in [0.25, 0.3) is 11.8 Å². The zero-order valence-electron chi connectivity index (χ0n) is 18.8. The van der Waals surface area contributed by atoms with Gasteiger partial charge in [-0.2, -0.15) is 0 Å². The summed E-state index contributed by atoms with van der Waals surface area (Å²) in [4.78, 5) is 38.7. The van der Waals surface area contributed by atoms with Crippen LogP contribution in [0.4, 0.5) is 8.78 Å². The number of benzene rings is 1. The van der Waals surface area contributed by atoms with Crippen LogP contribution in [-0.4, -0.2) is 64.9 Å². The molecule has 0 radical (unpaired) electrons. The number of amides is 3. The lowest BCUT2D eigenvalue weighted by Gasteiger charge is -2.30. The molecule has 3 amide bonds. The molecule has 178 valence electrons. The second kappa shape index (κ2) is 11.4. The Bertz CT molecular complexity index is 791. The fraction of sp³-hybridized carbons (Fsp3) is 0.609. The highest BCUT2D eigenvalue weighted by Gasteiger charge is 2.51. The molecule has 1 heterocycles. The smallest absolute Gasteiger partial charge is 0.267 e. The highest BCUT2D eigenvalue weighted by Crippen LogP contribution is 2.33. The molecule has 1 fully saturated rings. The first kappa shape index (κ1) is 25.7. The lowest BCUT2D eigenvalue weighted by atomic mass is 9.98. The Morgan fingerprint density at radius 2 is 1.88 bits per heavy atom. The van der Waals surface area contributed by atoms with Crippen LogP contribution in [0.15, 0.2) is 30.3 Å². The first-order valence-electron chi connectivity index (χ1n) is 11.1. The van der Waals surface area contributed by atoms with Crippen LogP contribution in [0.3, 0.4) is 0 Å². The molecular weight excluding hydrogens is 420 g/mol. The maximum Gasteiger partial charge on any atom is 0.267 e. The number of halogens is 2. The van der Waals surface area contributed by atoms with Crippen LogP contribution in [0.1, 0.15) is 45.6 Å². The van der Waals surface area contributed by atoms with Gasteiger partial charge in [-0.15, -0.1) is 0 Å². The number of likely N-dealkylation sites (tertiary alicyclic amines) is 1. The second-order valence-corrected chi connectivity index (χ2v) is 8.39. The standard InChI is InChI=1S/C23H33F2N3O4/c1-4-11-26-21(31)18-13-23(24,25)14-28(18)22(32)19(29)17(27-20(30)15(3)5-2)12-16-9-7-6-8-10-16/h6-10,15,17-19,29H,4-5,11-14H2,1-3H3,(H,26,31)(H,27,30)/t15-,17-,18-,19-/m0/s1. The number of aliphatic hydroxyl groups excluding tert-OH is 1. The van der Waals surface area contributed by atoms with E-state index in [4.69, 9.17) is 0 Å². The Morgan fingerprint density at radius 1 is 1.22 bits per heavy atom. The van der Waals surface area contributed by atoms with E-state index in [9.17, 15) is 28.3 Å². The maximum absolute atomic E-state index is 14.1. The number of nitrogens with zero attached hydrogens (tertiary/aromatic N) is 1. The summed E-state index contributed by atoms with van der Waals surface area (Å²) in [6.07, 6.45) is -1.27. The molecule has 0 unspecified atom stereocenters. The minimum Gasteiger partial charge on any atom is -0.381 e. The van der Waals surface area contributed by atoms with Crippen molar-refractivity contribution in [2.24, 2.45) is 5.92 Å². The number of rotatable bonds is 10. The lowest BCUT2D eigenvalue weighted by Crippen LogP contribution is -2.56. The summed E-state index contributed by atoms with van der Waals surface area (Å²) in [5.74, 6) is -5.60. The van der Waals surface area contributed by atoms with Crippen molar-refractivity contribution in [1.82, 2.24) is 15.5 Å². The predicted octanol–water partition coefficient (Wildman–Crippen LogP) is 1.88. The van der Waals surface area contributed by atoms with Gasteiger partial charge in [-0.3, -0.25) is 14.4 Å². The number of nitrogens with one attached hydrogen (secondary N) is 2. The molecule has 0 saturated carbocycles. The number of carbonyl (C=O) groups is 3. The van der Waals surface area contributed by atoms with Crippen LogP contribution >= 0.6 is 0 Å². The summed E-state index contributed by atoms with van der Waals surface area (Å²) < 4.78 is 28.3. The molecule has 1 aliphatic heterocycles. The van der Waals surface area contributed by atoms with Gasteiger partial charge in [-0.25, -0.2) is 8.78 Å². The first-order valence-corrected chi connectivity index (χ1v) is 11.1. The quantitative estimate of drug-likeness (QED) is 0.504. The van der Waals surface area contributed by atoms with Crippen molar-refractivity contribution < 1.29 is 28.3 Å². The molecule has 1 aromatic carbocycles. The van der Waals surface area contributed by atoms with Crippen LogP contribution in [0, 0.1) is 5.92 Å². The molecule has 2 rings (SSSR count). The number of carbonyl (C=O) groups excluding carboxylic acids is 3. The topological polar surface area (TPSA) is 98.7 Å². The van der Waals surface area contributed by atoms with Crippen molar-refractivity contribution >= 4 is 17.7 Å². The second-order valence-electron chi connectivity index (χ2n) is 8.39. The molecule has 0 spiro atoms. The number of aliphatic hydroxyl groups is 1. The highest BCUT2D eigenvalue weighted by atomic mass is 19.3. The molecular formula is C23H33F2N3O4. The molecule has 32 heavy (non-hydrogen) atoms. The van der Waals surface area contributed by atoms with Gasteiger partial charge >= 0.3 is 0 Å². The summed E-state index contributed by atoms with van der Waals surface area (Å²) in [6, 6.07) is 6.54. The van der Waals surface area contributed by atoms with Gasteiger partial charge in [0.15, 0.2) is 6.10 Å². The minimum atomic E-state index is -3.24. The molecule has 3 N–H and O–H groups in total. The van der Waals surface area contributed by atoms with Gasteiger partial charge in [-0.05, 0) is 24.8 Å². The van der Waals surface area contributed by atoms with Crippen molar-refractivity contribution in [3.8, 4) is 0 Å². The van der Waals surface area contributed by atoms with Crippen LogP contribution in [0.2, 0.25) is 0 Å². The molecule has 9 heteroatoms. The van der Waals surface area contributed by atoms with Crippen molar-refractivity contribution in [3.63, 3.8) is 0 Å². The van der Waals surface area contributed by atoms with Crippen molar-refractivity contribution in [1.29, 1.82) is 0 Å².